The number of hydrogen-bond donors (Lipinski definition) is 1. The molecule has 3 nitrogen and oxygen atoms in total. The van der Waals surface area contributed by atoms with Crippen molar-refractivity contribution in [3.05, 3.63) is 58.6 Å². The van der Waals surface area contributed by atoms with E-state index in [1.54, 1.807) is 30.3 Å². The predicted octanol–water partition coefficient (Wildman–Crippen LogP) is 4.43. The molecule has 0 bridgehead atoms. The van der Waals surface area contributed by atoms with Crippen LogP contribution in [0.2, 0.25) is 5.02 Å². The van der Waals surface area contributed by atoms with Crippen LogP contribution in [0.1, 0.15) is 11.1 Å². The number of halogens is 3. The summed E-state index contributed by atoms with van der Waals surface area (Å²) in [6.07, 6.45) is 0. The van der Waals surface area contributed by atoms with Gasteiger partial charge in [0.05, 0.1) is 11.3 Å². The fourth-order valence-electron chi connectivity index (χ4n) is 1.79. The first kappa shape index (κ1) is 15.1. The Labute approximate surface area is 125 Å². The molecule has 6 heteroatoms. The van der Waals surface area contributed by atoms with Gasteiger partial charge in [0.2, 0.25) is 0 Å². The van der Waals surface area contributed by atoms with E-state index in [0.29, 0.717) is 22.8 Å². The second kappa shape index (κ2) is 6.91. The summed E-state index contributed by atoms with van der Waals surface area (Å²) in [5, 5.41) is 12.6. The van der Waals surface area contributed by atoms with Crippen molar-refractivity contribution in [1.29, 1.82) is 5.26 Å². The molecule has 0 saturated heterocycles. The molecule has 1 N–H and O–H groups in total. The summed E-state index contributed by atoms with van der Waals surface area (Å²) in [4.78, 5) is 0. The van der Waals surface area contributed by atoms with Gasteiger partial charge >= 0.3 is 6.61 Å². The lowest BCUT2D eigenvalue weighted by Crippen LogP contribution is -2.04. The fourth-order valence-corrected chi connectivity index (χ4v) is 1.96. The summed E-state index contributed by atoms with van der Waals surface area (Å²) in [5.74, 6) is 0.0981. The Balaban J connectivity index is 2.08. The summed E-state index contributed by atoms with van der Waals surface area (Å²) in [6, 6.07) is 13.3. The van der Waals surface area contributed by atoms with E-state index in [9.17, 15) is 8.78 Å². The highest BCUT2D eigenvalue weighted by Gasteiger charge is 2.06. The molecule has 0 heterocycles. The third kappa shape index (κ3) is 4.33. The topological polar surface area (TPSA) is 45.0 Å². The molecule has 0 radical (unpaired) electrons. The molecule has 0 saturated carbocycles. The maximum Gasteiger partial charge on any atom is 0.387 e. The lowest BCUT2D eigenvalue weighted by Gasteiger charge is -2.10. The van der Waals surface area contributed by atoms with Gasteiger partial charge in [-0.1, -0.05) is 23.7 Å². The van der Waals surface area contributed by atoms with Gasteiger partial charge in [-0.25, -0.2) is 0 Å². The molecular weight excluding hydrogens is 298 g/mol. The number of hydrogen-bond acceptors (Lipinski definition) is 3. The number of anilines is 1. The Morgan fingerprint density at radius 2 is 2.05 bits per heavy atom. The number of nitrogens with one attached hydrogen (secondary N) is 1. The van der Waals surface area contributed by atoms with Crippen LogP contribution in [0.25, 0.3) is 0 Å². The quantitative estimate of drug-likeness (QED) is 0.889. The minimum absolute atomic E-state index is 0.0981. The molecule has 2 aromatic carbocycles. The van der Waals surface area contributed by atoms with Crippen LogP contribution >= 0.6 is 11.6 Å². The Bertz CT molecular complexity index is 671. The molecule has 0 aliphatic carbocycles. The van der Waals surface area contributed by atoms with Crippen molar-refractivity contribution in [3.63, 3.8) is 0 Å². The third-order valence-corrected chi connectivity index (χ3v) is 2.94. The molecule has 0 unspecified atom stereocenters. The van der Waals surface area contributed by atoms with Crippen molar-refractivity contribution < 1.29 is 13.5 Å². The average molecular weight is 309 g/mol. The normalized spacial score (nSPS) is 10.2. The molecule has 0 fully saturated rings. The molecule has 0 spiro atoms. The number of nitriles is 1. The van der Waals surface area contributed by atoms with Gasteiger partial charge in [-0.05, 0) is 35.9 Å². The van der Waals surface area contributed by atoms with Crippen LogP contribution in [0.5, 0.6) is 5.75 Å². The van der Waals surface area contributed by atoms with Crippen molar-refractivity contribution in [1.82, 2.24) is 0 Å². The first-order valence-electron chi connectivity index (χ1n) is 6.06. The van der Waals surface area contributed by atoms with E-state index in [0.717, 1.165) is 5.56 Å². The van der Waals surface area contributed by atoms with E-state index < -0.39 is 6.61 Å². The van der Waals surface area contributed by atoms with Crippen molar-refractivity contribution in [2.75, 3.05) is 5.32 Å². The zero-order valence-electron chi connectivity index (χ0n) is 10.8. The van der Waals surface area contributed by atoms with Crippen LogP contribution in [-0.2, 0) is 6.54 Å². The van der Waals surface area contributed by atoms with Crippen LogP contribution in [0.4, 0.5) is 14.5 Å². The highest BCUT2D eigenvalue weighted by molar-refractivity contribution is 6.30. The molecule has 2 rings (SSSR count). The minimum Gasteiger partial charge on any atom is -0.435 e. The number of nitrogens with zero attached hydrogens (tertiary/aromatic N) is 1. The fraction of sp³-hybridized carbons (Fsp3) is 0.133. The second-order valence-electron chi connectivity index (χ2n) is 4.18. The molecule has 0 aromatic heterocycles. The van der Waals surface area contributed by atoms with Gasteiger partial charge < -0.3 is 10.1 Å². The Hall–Kier alpha value is -2.32. The summed E-state index contributed by atoms with van der Waals surface area (Å²) < 4.78 is 28.6. The third-order valence-electron chi connectivity index (χ3n) is 2.71. The van der Waals surface area contributed by atoms with Crippen molar-refractivity contribution >= 4 is 17.3 Å². The van der Waals surface area contributed by atoms with E-state index in [1.807, 2.05) is 6.07 Å². The number of benzene rings is 2. The van der Waals surface area contributed by atoms with E-state index in [-0.39, 0.29) is 5.75 Å². The standard InChI is InChI=1S/C15H11ClF2N2O/c16-12-4-5-14(11(7-12)8-19)20-9-10-2-1-3-13(6-10)21-15(17)18/h1-7,15,20H,9H2. The maximum atomic E-state index is 12.2. The lowest BCUT2D eigenvalue weighted by atomic mass is 10.1. The first-order chi connectivity index (χ1) is 10.1. The second-order valence-corrected chi connectivity index (χ2v) is 4.62. The van der Waals surface area contributed by atoms with Gasteiger partial charge in [-0.2, -0.15) is 14.0 Å². The van der Waals surface area contributed by atoms with Gasteiger partial charge in [-0.15, -0.1) is 0 Å². The molecule has 21 heavy (non-hydrogen) atoms. The number of ether oxygens (including phenoxy) is 1. The Morgan fingerprint density at radius 1 is 1.24 bits per heavy atom. The van der Waals surface area contributed by atoms with Gasteiger partial charge in [0.25, 0.3) is 0 Å². The van der Waals surface area contributed by atoms with Crippen LogP contribution in [-0.4, -0.2) is 6.61 Å². The smallest absolute Gasteiger partial charge is 0.387 e. The summed E-state index contributed by atoms with van der Waals surface area (Å²) in [5.41, 5.74) is 1.80. The van der Waals surface area contributed by atoms with Crippen molar-refractivity contribution in [3.8, 4) is 11.8 Å². The predicted molar refractivity (Wildman–Crippen MR) is 76.6 cm³/mol. The molecule has 0 aliphatic heterocycles. The van der Waals surface area contributed by atoms with Gasteiger partial charge in [0.1, 0.15) is 11.8 Å². The summed E-state index contributed by atoms with van der Waals surface area (Å²) >= 11 is 5.82. The summed E-state index contributed by atoms with van der Waals surface area (Å²) in [6.45, 7) is -2.48. The monoisotopic (exact) mass is 308 g/mol. The average Bonchev–Trinajstić information content (AvgIpc) is 2.45. The van der Waals surface area contributed by atoms with E-state index in [2.05, 4.69) is 10.1 Å². The molecule has 2 aromatic rings. The highest BCUT2D eigenvalue weighted by atomic mass is 35.5. The zero-order valence-corrected chi connectivity index (χ0v) is 11.6. The molecule has 0 atom stereocenters. The summed E-state index contributed by atoms with van der Waals surface area (Å²) in [7, 11) is 0. The van der Waals surface area contributed by atoms with Crippen LogP contribution < -0.4 is 10.1 Å². The van der Waals surface area contributed by atoms with E-state index in [4.69, 9.17) is 16.9 Å². The Morgan fingerprint density at radius 3 is 2.76 bits per heavy atom. The molecule has 108 valence electrons. The first-order valence-corrected chi connectivity index (χ1v) is 6.43. The van der Waals surface area contributed by atoms with Gasteiger partial charge in [0.15, 0.2) is 0 Å². The lowest BCUT2D eigenvalue weighted by molar-refractivity contribution is -0.0498. The number of alkyl halides is 2. The van der Waals surface area contributed by atoms with Gasteiger partial charge in [0, 0.05) is 11.6 Å². The number of rotatable bonds is 5. The van der Waals surface area contributed by atoms with Gasteiger partial charge in [-0.3, -0.25) is 0 Å². The zero-order chi connectivity index (χ0) is 15.2. The SMILES string of the molecule is N#Cc1cc(Cl)ccc1NCc1cccc(OC(F)F)c1. The highest BCUT2D eigenvalue weighted by Crippen LogP contribution is 2.21. The van der Waals surface area contributed by atoms with E-state index >= 15 is 0 Å². The van der Waals surface area contributed by atoms with Crippen LogP contribution in [0, 0.1) is 11.3 Å². The molecule has 0 amide bonds. The molecular formula is C15H11ClF2N2O. The molecule has 0 aliphatic rings. The maximum absolute atomic E-state index is 12.2. The van der Waals surface area contributed by atoms with Crippen molar-refractivity contribution in [2.24, 2.45) is 0 Å². The van der Waals surface area contributed by atoms with Crippen molar-refractivity contribution in [2.45, 2.75) is 13.2 Å². The largest absolute Gasteiger partial charge is 0.435 e. The Kier molecular flexibility index (Phi) is 4.96. The van der Waals surface area contributed by atoms with E-state index in [1.165, 1.54) is 12.1 Å². The van der Waals surface area contributed by atoms with Crippen LogP contribution in [0.3, 0.4) is 0 Å². The van der Waals surface area contributed by atoms with Crippen LogP contribution in [0.15, 0.2) is 42.5 Å². The minimum atomic E-state index is -2.85.